The van der Waals surface area contributed by atoms with Crippen molar-refractivity contribution in [2.24, 2.45) is 5.92 Å². The smallest absolute Gasteiger partial charge is 0.242 e. The van der Waals surface area contributed by atoms with Crippen LogP contribution in [0.25, 0.3) is 0 Å². The van der Waals surface area contributed by atoms with Gasteiger partial charge in [0, 0.05) is 38.3 Å². The highest BCUT2D eigenvalue weighted by molar-refractivity contribution is 6.00. The zero-order valence-corrected chi connectivity index (χ0v) is 16.1. The van der Waals surface area contributed by atoms with Gasteiger partial charge in [-0.1, -0.05) is 25.1 Å². The maximum Gasteiger partial charge on any atom is 0.242 e. The summed E-state index contributed by atoms with van der Waals surface area (Å²) < 4.78 is 0. The van der Waals surface area contributed by atoms with Gasteiger partial charge in [-0.25, -0.2) is 0 Å². The number of hydrogen-bond donors (Lipinski definition) is 0. The van der Waals surface area contributed by atoms with Gasteiger partial charge in [0.2, 0.25) is 17.7 Å². The molecule has 0 spiro atoms. The minimum absolute atomic E-state index is 0.00592. The Labute approximate surface area is 161 Å². The van der Waals surface area contributed by atoms with E-state index in [1.807, 2.05) is 42.2 Å². The maximum absolute atomic E-state index is 13.2. The molecule has 6 nitrogen and oxygen atoms in total. The zero-order valence-electron chi connectivity index (χ0n) is 16.1. The van der Waals surface area contributed by atoms with Gasteiger partial charge in [0.25, 0.3) is 0 Å². The second-order valence-electron chi connectivity index (χ2n) is 7.38. The molecule has 2 fully saturated rings. The molecule has 2 aliphatic rings. The van der Waals surface area contributed by atoms with Crippen molar-refractivity contribution in [3.8, 4) is 0 Å². The molecule has 3 rings (SSSR count). The van der Waals surface area contributed by atoms with Crippen molar-refractivity contribution < 1.29 is 14.4 Å². The lowest BCUT2D eigenvalue weighted by molar-refractivity contribution is -0.133. The summed E-state index contributed by atoms with van der Waals surface area (Å²) in [5, 5.41) is 0. The van der Waals surface area contributed by atoms with E-state index in [9.17, 15) is 14.4 Å². The highest BCUT2D eigenvalue weighted by Gasteiger charge is 2.34. The number of likely N-dealkylation sites (tertiary alicyclic amines) is 2. The van der Waals surface area contributed by atoms with Crippen molar-refractivity contribution in [3.63, 3.8) is 0 Å². The number of anilines is 1. The Bertz CT molecular complexity index is 671. The van der Waals surface area contributed by atoms with Crippen LogP contribution in [-0.2, 0) is 14.4 Å². The Hall–Kier alpha value is -2.37. The van der Waals surface area contributed by atoms with Crippen molar-refractivity contribution in [1.82, 2.24) is 9.80 Å². The lowest BCUT2D eigenvalue weighted by atomic mass is 10.1. The number of carbonyl (C=O) groups is 3. The van der Waals surface area contributed by atoms with Crippen LogP contribution in [0.15, 0.2) is 30.3 Å². The number of carbonyl (C=O) groups excluding carboxylic acids is 3. The fourth-order valence-corrected chi connectivity index (χ4v) is 3.92. The molecule has 6 heteroatoms. The van der Waals surface area contributed by atoms with E-state index < -0.39 is 0 Å². The van der Waals surface area contributed by atoms with Crippen LogP contribution in [-0.4, -0.2) is 60.2 Å². The molecular weight excluding hydrogens is 342 g/mol. The molecule has 146 valence electrons. The van der Waals surface area contributed by atoms with Gasteiger partial charge in [0.1, 0.15) is 6.54 Å². The van der Waals surface area contributed by atoms with Crippen LogP contribution in [0.4, 0.5) is 5.69 Å². The molecule has 1 aromatic rings. The summed E-state index contributed by atoms with van der Waals surface area (Å²) in [6, 6.07) is 9.39. The van der Waals surface area contributed by atoms with Crippen LogP contribution in [0.3, 0.4) is 0 Å². The largest absolute Gasteiger partial charge is 0.342 e. The van der Waals surface area contributed by atoms with E-state index in [4.69, 9.17) is 0 Å². The van der Waals surface area contributed by atoms with Crippen molar-refractivity contribution in [2.75, 3.05) is 37.6 Å². The summed E-state index contributed by atoms with van der Waals surface area (Å²) in [6.07, 6.45) is 4.33. The van der Waals surface area contributed by atoms with Gasteiger partial charge >= 0.3 is 0 Å². The summed E-state index contributed by atoms with van der Waals surface area (Å²) in [5.74, 6) is -0.208. The van der Waals surface area contributed by atoms with Crippen molar-refractivity contribution >= 4 is 23.4 Å². The molecule has 0 aliphatic carbocycles. The van der Waals surface area contributed by atoms with Crippen molar-refractivity contribution in [1.29, 1.82) is 0 Å². The number of para-hydroxylation sites is 1. The van der Waals surface area contributed by atoms with Gasteiger partial charge in [0.05, 0.1) is 5.92 Å². The Kier molecular flexibility index (Phi) is 6.48. The summed E-state index contributed by atoms with van der Waals surface area (Å²) in [7, 11) is 0. The fourth-order valence-electron chi connectivity index (χ4n) is 3.92. The van der Waals surface area contributed by atoms with E-state index in [2.05, 4.69) is 0 Å². The summed E-state index contributed by atoms with van der Waals surface area (Å²) >= 11 is 0. The Balaban J connectivity index is 1.73. The first-order valence-corrected chi connectivity index (χ1v) is 10.0. The average Bonchev–Trinajstić information content (AvgIpc) is 3.22. The topological polar surface area (TPSA) is 60.9 Å². The lowest BCUT2D eigenvalue weighted by Crippen LogP contribution is -2.47. The molecule has 2 heterocycles. The van der Waals surface area contributed by atoms with Gasteiger partial charge in [-0.15, -0.1) is 0 Å². The fraction of sp³-hybridized carbons (Fsp3) is 0.571. The third-order valence-electron chi connectivity index (χ3n) is 5.53. The van der Waals surface area contributed by atoms with Crippen molar-refractivity contribution in [2.45, 2.75) is 39.0 Å². The van der Waals surface area contributed by atoms with Crippen LogP contribution in [0.5, 0.6) is 0 Å². The van der Waals surface area contributed by atoms with Gasteiger partial charge in [-0.2, -0.15) is 0 Å². The monoisotopic (exact) mass is 371 g/mol. The molecule has 0 radical (unpaired) electrons. The van der Waals surface area contributed by atoms with Gasteiger partial charge in [-0.3, -0.25) is 14.4 Å². The molecule has 1 aromatic carbocycles. The predicted octanol–water partition coefficient (Wildman–Crippen LogP) is 2.29. The standard InChI is InChI=1S/C21H29N3O3/c1-2-19(25)23-14-11-17(15-23)21(27)24(18-9-5-3-6-10-18)16-20(26)22-12-7-4-8-13-22/h3,5-6,9-10,17H,2,4,7-8,11-16H2,1H3. The van der Waals surface area contributed by atoms with Crippen LogP contribution >= 0.6 is 0 Å². The van der Waals surface area contributed by atoms with E-state index >= 15 is 0 Å². The molecular formula is C21H29N3O3. The molecule has 0 aromatic heterocycles. The molecule has 2 saturated heterocycles. The first kappa shape index (κ1) is 19.4. The quantitative estimate of drug-likeness (QED) is 0.798. The molecule has 0 saturated carbocycles. The maximum atomic E-state index is 13.2. The molecule has 1 unspecified atom stereocenters. The van der Waals surface area contributed by atoms with Crippen molar-refractivity contribution in [3.05, 3.63) is 30.3 Å². The molecule has 1 atom stereocenters. The summed E-state index contributed by atoms with van der Waals surface area (Å²) in [4.78, 5) is 43.2. The van der Waals surface area contributed by atoms with Gasteiger partial charge in [0.15, 0.2) is 0 Å². The predicted molar refractivity (Wildman–Crippen MR) is 104 cm³/mol. The van der Waals surface area contributed by atoms with Gasteiger partial charge in [-0.05, 0) is 37.8 Å². The minimum Gasteiger partial charge on any atom is -0.342 e. The first-order chi connectivity index (χ1) is 13.1. The van der Waals surface area contributed by atoms with E-state index in [-0.39, 0.29) is 30.2 Å². The van der Waals surface area contributed by atoms with E-state index in [1.165, 1.54) is 0 Å². The number of benzene rings is 1. The third-order valence-corrected chi connectivity index (χ3v) is 5.53. The Morgan fingerprint density at radius 3 is 2.33 bits per heavy atom. The minimum atomic E-state index is -0.241. The number of amides is 3. The Morgan fingerprint density at radius 2 is 1.67 bits per heavy atom. The zero-order chi connectivity index (χ0) is 19.2. The third kappa shape index (κ3) is 4.67. The second kappa shape index (κ2) is 9.02. The van der Waals surface area contributed by atoms with E-state index in [0.717, 1.165) is 38.0 Å². The molecule has 0 bridgehead atoms. The number of piperidine rings is 1. The molecule has 0 N–H and O–H groups in total. The van der Waals surface area contributed by atoms with Crippen LogP contribution < -0.4 is 4.90 Å². The summed E-state index contributed by atoms with van der Waals surface area (Å²) in [5.41, 5.74) is 0.744. The number of hydrogen-bond acceptors (Lipinski definition) is 3. The highest BCUT2D eigenvalue weighted by atomic mass is 16.2. The van der Waals surface area contributed by atoms with Gasteiger partial charge < -0.3 is 14.7 Å². The lowest BCUT2D eigenvalue weighted by Gasteiger charge is -2.31. The van der Waals surface area contributed by atoms with Crippen LogP contribution in [0.1, 0.15) is 39.0 Å². The SMILES string of the molecule is CCC(=O)N1CCC(C(=O)N(CC(=O)N2CCCCC2)c2ccccc2)C1. The first-order valence-electron chi connectivity index (χ1n) is 10.0. The van der Waals surface area contributed by atoms with E-state index in [1.54, 1.807) is 9.80 Å². The van der Waals surface area contributed by atoms with Crippen LogP contribution in [0.2, 0.25) is 0 Å². The average molecular weight is 371 g/mol. The molecule has 3 amide bonds. The molecule has 27 heavy (non-hydrogen) atoms. The highest BCUT2D eigenvalue weighted by Crippen LogP contribution is 2.24. The van der Waals surface area contributed by atoms with Crippen LogP contribution in [0, 0.1) is 5.92 Å². The number of rotatable bonds is 5. The number of nitrogens with zero attached hydrogens (tertiary/aromatic N) is 3. The normalized spacial score (nSPS) is 19.8. The second-order valence-corrected chi connectivity index (χ2v) is 7.38. The van der Waals surface area contributed by atoms with E-state index in [0.29, 0.717) is 25.9 Å². The Morgan fingerprint density at radius 1 is 0.963 bits per heavy atom. The summed E-state index contributed by atoms with van der Waals surface area (Å²) in [6.45, 7) is 4.53. The molecule has 2 aliphatic heterocycles.